The average molecular weight is 115 g/mol. The standard InChI is InChI=1S/C6H15N2/c1-4-5-7-8-6(2)3/h6-7H,4-5H2,1-3H3. The van der Waals surface area contributed by atoms with Gasteiger partial charge in [-0.2, -0.15) is 5.43 Å². The highest BCUT2D eigenvalue weighted by molar-refractivity contribution is 4.44. The van der Waals surface area contributed by atoms with Gasteiger partial charge in [0.05, 0.1) is 0 Å². The molecule has 0 amide bonds. The van der Waals surface area contributed by atoms with E-state index in [0.717, 1.165) is 13.0 Å². The van der Waals surface area contributed by atoms with Gasteiger partial charge in [0, 0.05) is 12.6 Å². The number of hydrogen-bond acceptors (Lipinski definition) is 1. The molecule has 0 aromatic heterocycles. The van der Waals surface area contributed by atoms with Crippen LogP contribution in [0.3, 0.4) is 0 Å². The lowest BCUT2D eigenvalue weighted by Crippen LogP contribution is -2.30. The predicted octanol–water partition coefficient (Wildman–Crippen LogP) is 0.914. The molecule has 0 unspecified atom stereocenters. The van der Waals surface area contributed by atoms with Crippen LogP contribution in [-0.2, 0) is 0 Å². The van der Waals surface area contributed by atoms with Crippen molar-refractivity contribution in [1.29, 1.82) is 0 Å². The van der Waals surface area contributed by atoms with Gasteiger partial charge in [-0.25, -0.2) is 5.43 Å². The number of rotatable bonds is 4. The van der Waals surface area contributed by atoms with Crippen molar-refractivity contribution in [1.82, 2.24) is 10.9 Å². The molecule has 0 aliphatic rings. The molecule has 0 atom stereocenters. The molecule has 0 aromatic rings. The quantitative estimate of drug-likeness (QED) is 0.428. The molecule has 2 nitrogen and oxygen atoms in total. The van der Waals surface area contributed by atoms with E-state index in [2.05, 4.69) is 31.6 Å². The molecular weight excluding hydrogens is 100 g/mol. The Balaban J connectivity index is 2.72. The van der Waals surface area contributed by atoms with Crippen molar-refractivity contribution in [2.75, 3.05) is 6.54 Å². The smallest absolute Gasteiger partial charge is 0.0359 e. The van der Waals surface area contributed by atoms with Crippen molar-refractivity contribution in [3.63, 3.8) is 0 Å². The Morgan fingerprint density at radius 1 is 1.50 bits per heavy atom. The van der Waals surface area contributed by atoms with Crippen LogP contribution in [0.4, 0.5) is 0 Å². The second kappa shape index (κ2) is 5.06. The van der Waals surface area contributed by atoms with E-state index in [0.29, 0.717) is 6.04 Å². The van der Waals surface area contributed by atoms with Crippen molar-refractivity contribution in [2.24, 2.45) is 0 Å². The third-order valence-electron chi connectivity index (χ3n) is 0.711. The predicted molar refractivity (Wildman–Crippen MR) is 35.6 cm³/mol. The van der Waals surface area contributed by atoms with Crippen molar-refractivity contribution in [3.05, 3.63) is 0 Å². The molecule has 0 aliphatic carbocycles. The maximum atomic E-state index is 4.06. The van der Waals surface area contributed by atoms with Crippen LogP contribution in [0.15, 0.2) is 0 Å². The van der Waals surface area contributed by atoms with Crippen LogP contribution >= 0.6 is 0 Å². The first-order chi connectivity index (χ1) is 3.77. The molecule has 1 radical (unpaired) electrons. The molecule has 2 heteroatoms. The minimum absolute atomic E-state index is 0.418. The van der Waals surface area contributed by atoms with Crippen molar-refractivity contribution < 1.29 is 0 Å². The highest BCUT2D eigenvalue weighted by Gasteiger charge is 1.88. The van der Waals surface area contributed by atoms with Gasteiger partial charge in [0.15, 0.2) is 0 Å². The van der Waals surface area contributed by atoms with Gasteiger partial charge in [-0.15, -0.1) is 0 Å². The molecule has 8 heavy (non-hydrogen) atoms. The lowest BCUT2D eigenvalue weighted by molar-refractivity contribution is 0.460. The maximum Gasteiger partial charge on any atom is 0.0359 e. The zero-order valence-electron chi connectivity index (χ0n) is 5.94. The normalized spacial score (nSPS) is 10.5. The molecule has 0 bridgehead atoms. The summed E-state index contributed by atoms with van der Waals surface area (Å²) >= 11 is 0. The molecule has 0 saturated heterocycles. The third kappa shape index (κ3) is 5.92. The molecule has 0 rings (SSSR count). The molecular formula is C6H15N2. The average Bonchev–Trinajstić information content (AvgIpc) is 1.66. The first-order valence-electron chi connectivity index (χ1n) is 3.20. The number of hydrogen-bond donors (Lipinski definition) is 1. The monoisotopic (exact) mass is 115 g/mol. The summed E-state index contributed by atoms with van der Waals surface area (Å²) in [5.41, 5.74) is 7.02. The van der Waals surface area contributed by atoms with E-state index in [1.807, 2.05) is 0 Å². The van der Waals surface area contributed by atoms with E-state index >= 15 is 0 Å². The second-order valence-electron chi connectivity index (χ2n) is 2.13. The van der Waals surface area contributed by atoms with Gasteiger partial charge in [-0.1, -0.05) is 6.92 Å². The summed E-state index contributed by atoms with van der Waals surface area (Å²) in [5, 5.41) is 0. The van der Waals surface area contributed by atoms with E-state index < -0.39 is 0 Å². The van der Waals surface area contributed by atoms with Crippen molar-refractivity contribution >= 4 is 0 Å². The Kier molecular flexibility index (Phi) is 5.01. The summed E-state index contributed by atoms with van der Waals surface area (Å²) in [6.07, 6.45) is 1.15. The Hall–Kier alpha value is -0.0800. The first-order valence-corrected chi connectivity index (χ1v) is 3.20. The SMILES string of the molecule is CCCN[N]C(C)C. The minimum atomic E-state index is 0.418. The Morgan fingerprint density at radius 2 is 2.12 bits per heavy atom. The molecule has 1 N–H and O–H groups in total. The van der Waals surface area contributed by atoms with Crippen LogP contribution in [0.1, 0.15) is 27.2 Å². The fraction of sp³-hybridized carbons (Fsp3) is 1.00. The molecule has 0 saturated carbocycles. The largest absolute Gasteiger partial charge is 0.240 e. The molecule has 49 valence electrons. The van der Waals surface area contributed by atoms with Crippen LogP contribution in [0.25, 0.3) is 0 Å². The Bertz CT molecular complexity index is 43.8. The molecule has 0 aliphatic heterocycles. The van der Waals surface area contributed by atoms with Gasteiger partial charge in [0.1, 0.15) is 0 Å². The second-order valence-corrected chi connectivity index (χ2v) is 2.13. The highest BCUT2D eigenvalue weighted by Crippen LogP contribution is 1.74. The zero-order chi connectivity index (χ0) is 6.41. The van der Waals surface area contributed by atoms with Gasteiger partial charge in [-0.3, -0.25) is 0 Å². The Labute approximate surface area is 51.6 Å². The van der Waals surface area contributed by atoms with E-state index in [-0.39, 0.29) is 0 Å². The fourth-order valence-electron chi connectivity index (χ4n) is 0.359. The van der Waals surface area contributed by atoms with Gasteiger partial charge in [-0.05, 0) is 20.3 Å². The van der Waals surface area contributed by atoms with Crippen LogP contribution in [-0.4, -0.2) is 12.6 Å². The van der Waals surface area contributed by atoms with Gasteiger partial charge < -0.3 is 0 Å². The fourth-order valence-corrected chi connectivity index (χ4v) is 0.359. The molecule has 0 fully saturated rings. The van der Waals surface area contributed by atoms with Gasteiger partial charge in [0.25, 0.3) is 0 Å². The topological polar surface area (TPSA) is 26.1 Å². The summed E-state index contributed by atoms with van der Waals surface area (Å²) in [6.45, 7) is 7.24. The van der Waals surface area contributed by atoms with Gasteiger partial charge >= 0.3 is 0 Å². The van der Waals surface area contributed by atoms with Crippen LogP contribution in [0.2, 0.25) is 0 Å². The van der Waals surface area contributed by atoms with E-state index in [9.17, 15) is 0 Å². The first kappa shape index (κ1) is 7.92. The summed E-state index contributed by atoms with van der Waals surface area (Å²) < 4.78 is 0. The van der Waals surface area contributed by atoms with E-state index in [1.54, 1.807) is 0 Å². The summed E-state index contributed by atoms with van der Waals surface area (Å²) in [4.78, 5) is 0. The van der Waals surface area contributed by atoms with Gasteiger partial charge in [0.2, 0.25) is 0 Å². The molecule has 0 spiro atoms. The van der Waals surface area contributed by atoms with Crippen molar-refractivity contribution in [3.8, 4) is 0 Å². The van der Waals surface area contributed by atoms with Crippen LogP contribution in [0, 0.1) is 0 Å². The minimum Gasteiger partial charge on any atom is -0.240 e. The summed E-state index contributed by atoms with van der Waals surface area (Å²) in [7, 11) is 0. The lowest BCUT2D eigenvalue weighted by Gasteiger charge is -2.03. The summed E-state index contributed by atoms with van der Waals surface area (Å²) in [5.74, 6) is 0. The highest BCUT2D eigenvalue weighted by atomic mass is 15.4. The molecule has 0 aromatic carbocycles. The lowest BCUT2D eigenvalue weighted by atomic mass is 10.4. The Morgan fingerprint density at radius 3 is 2.50 bits per heavy atom. The zero-order valence-corrected chi connectivity index (χ0v) is 5.94. The maximum absolute atomic E-state index is 4.06. The molecule has 0 heterocycles. The van der Waals surface area contributed by atoms with Crippen molar-refractivity contribution in [2.45, 2.75) is 33.2 Å². The van der Waals surface area contributed by atoms with Crippen LogP contribution in [0.5, 0.6) is 0 Å². The number of nitrogens with one attached hydrogen (secondary N) is 1. The number of nitrogens with zero attached hydrogens (tertiary/aromatic N) is 1. The summed E-state index contributed by atoms with van der Waals surface area (Å²) in [6, 6.07) is 0.418. The van der Waals surface area contributed by atoms with E-state index in [4.69, 9.17) is 0 Å². The third-order valence-corrected chi connectivity index (χ3v) is 0.711. The van der Waals surface area contributed by atoms with Crippen LogP contribution < -0.4 is 10.9 Å². The van der Waals surface area contributed by atoms with E-state index in [1.165, 1.54) is 0 Å².